The van der Waals surface area contributed by atoms with Gasteiger partial charge in [0.05, 0.1) is 5.71 Å². The molecule has 0 heterocycles. The number of nitrogens with zero attached hydrogens (tertiary/aromatic N) is 1. The molecule has 0 aliphatic heterocycles. The highest BCUT2D eigenvalue weighted by molar-refractivity contribution is 5.98. The summed E-state index contributed by atoms with van der Waals surface area (Å²) in [5.41, 5.74) is 5.29. The molecule has 0 aromatic heterocycles. The van der Waals surface area contributed by atoms with Crippen LogP contribution in [0.5, 0.6) is 0 Å². The van der Waals surface area contributed by atoms with E-state index in [4.69, 9.17) is 0 Å². The first-order valence-electron chi connectivity index (χ1n) is 4.04. The van der Waals surface area contributed by atoms with Crippen LogP contribution in [0.4, 0.5) is 0 Å². The van der Waals surface area contributed by atoms with Crippen LogP contribution in [0, 0.1) is 6.92 Å². The van der Waals surface area contributed by atoms with Crippen molar-refractivity contribution in [2.75, 3.05) is 0 Å². The lowest BCUT2D eigenvalue weighted by atomic mass is 10.1. The van der Waals surface area contributed by atoms with E-state index in [0.29, 0.717) is 6.41 Å². The van der Waals surface area contributed by atoms with Crippen LogP contribution in [0.25, 0.3) is 0 Å². The van der Waals surface area contributed by atoms with Gasteiger partial charge in [0.25, 0.3) is 0 Å². The van der Waals surface area contributed by atoms with Crippen LogP contribution in [-0.2, 0) is 4.79 Å². The third kappa shape index (κ3) is 2.71. The van der Waals surface area contributed by atoms with Crippen molar-refractivity contribution in [3.05, 3.63) is 35.4 Å². The summed E-state index contributed by atoms with van der Waals surface area (Å²) in [6.45, 7) is 3.88. The molecule has 0 saturated heterocycles. The molecule has 0 spiro atoms. The van der Waals surface area contributed by atoms with Gasteiger partial charge in [-0.25, -0.2) is 5.43 Å². The number of rotatable bonds is 3. The summed E-state index contributed by atoms with van der Waals surface area (Å²) in [5, 5.41) is 3.84. The fourth-order valence-electron chi connectivity index (χ4n) is 0.982. The molecule has 3 heteroatoms. The van der Waals surface area contributed by atoms with Gasteiger partial charge in [-0.1, -0.05) is 29.8 Å². The van der Waals surface area contributed by atoms with E-state index in [1.54, 1.807) is 0 Å². The highest BCUT2D eigenvalue weighted by Gasteiger charge is 1.95. The summed E-state index contributed by atoms with van der Waals surface area (Å²) >= 11 is 0. The van der Waals surface area contributed by atoms with Crippen LogP contribution in [-0.4, -0.2) is 12.1 Å². The summed E-state index contributed by atoms with van der Waals surface area (Å²) in [7, 11) is 0. The SMILES string of the molecule is C/C(=N/NC=O)c1ccc(C)cc1. The smallest absolute Gasteiger partial charge is 0.227 e. The van der Waals surface area contributed by atoms with Crippen LogP contribution < -0.4 is 5.43 Å². The van der Waals surface area contributed by atoms with Crippen molar-refractivity contribution in [1.82, 2.24) is 5.43 Å². The Hall–Kier alpha value is -1.64. The summed E-state index contributed by atoms with van der Waals surface area (Å²) in [6, 6.07) is 7.96. The van der Waals surface area contributed by atoms with E-state index in [0.717, 1.165) is 11.3 Å². The molecule has 0 aliphatic carbocycles. The molecule has 68 valence electrons. The molecule has 1 aromatic rings. The van der Waals surface area contributed by atoms with Crippen molar-refractivity contribution in [1.29, 1.82) is 0 Å². The Morgan fingerprint density at radius 1 is 1.38 bits per heavy atom. The number of carbonyl (C=O) groups is 1. The minimum Gasteiger partial charge on any atom is -0.277 e. The quantitative estimate of drug-likeness (QED) is 0.423. The number of nitrogens with one attached hydrogen (secondary N) is 1. The Morgan fingerprint density at radius 3 is 2.54 bits per heavy atom. The lowest BCUT2D eigenvalue weighted by Crippen LogP contribution is -2.06. The van der Waals surface area contributed by atoms with Crippen LogP contribution >= 0.6 is 0 Å². The molecule has 3 nitrogen and oxygen atoms in total. The molecule has 1 N–H and O–H groups in total. The molecule has 1 amide bonds. The Morgan fingerprint density at radius 2 is 2.00 bits per heavy atom. The van der Waals surface area contributed by atoms with E-state index in [1.807, 2.05) is 38.1 Å². The number of hydrogen-bond donors (Lipinski definition) is 1. The molecule has 0 aliphatic rings. The number of aryl methyl sites for hydroxylation is 1. The van der Waals surface area contributed by atoms with Crippen molar-refractivity contribution in [2.45, 2.75) is 13.8 Å². The van der Waals surface area contributed by atoms with Gasteiger partial charge >= 0.3 is 0 Å². The van der Waals surface area contributed by atoms with Gasteiger partial charge < -0.3 is 0 Å². The average molecular weight is 176 g/mol. The summed E-state index contributed by atoms with van der Waals surface area (Å²) in [6.07, 6.45) is 0.553. The van der Waals surface area contributed by atoms with E-state index in [9.17, 15) is 4.79 Å². The number of hydrazone groups is 1. The van der Waals surface area contributed by atoms with E-state index in [2.05, 4.69) is 10.5 Å². The molecule has 0 bridgehead atoms. The first-order chi connectivity index (χ1) is 6.24. The van der Waals surface area contributed by atoms with Crippen LogP contribution in [0.15, 0.2) is 29.4 Å². The zero-order valence-electron chi connectivity index (χ0n) is 7.74. The van der Waals surface area contributed by atoms with Gasteiger partial charge in [-0.2, -0.15) is 5.10 Å². The van der Waals surface area contributed by atoms with Crippen molar-refractivity contribution >= 4 is 12.1 Å². The first kappa shape index (κ1) is 9.45. The predicted octanol–water partition coefficient (Wildman–Crippen LogP) is 1.47. The third-order valence-electron chi connectivity index (χ3n) is 1.75. The van der Waals surface area contributed by atoms with Gasteiger partial charge in [-0.3, -0.25) is 4.79 Å². The largest absolute Gasteiger partial charge is 0.277 e. The topological polar surface area (TPSA) is 41.5 Å². The van der Waals surface area contributed by atoms with Gasteiger partial charge in [-0.05, 0) is 19.4 Å². The standard InChI is InChI=1S/C10H12N2O/c1-8-3-5-10(6-4-8)9(2)12-11-7-13/h3-7H,1-2H3,(H,11,13)/b12-9-. The van der Waals surface area contributed by atoms with E-state index in [-0.39, 0.29) is 0 Å². The number of benzene rings is 1. The maximum atomic E-state index is 9.98. The molecule has 1 rings (SSSR count). The lowest BCUT2D eigenvalue weighted by molar-refractivity contribution is -0.109. The fraction of sp³-hybridized carbons (Fsp3) is 0.200. The van der Waals surface area contributed by atoms with Gasteiger partial charge in [0.15, 0.2) is 0 Å². The molecule has 1 aromatic carbocycles. The summed E-state index contributed by atoms with van der Waals surface area (Å²) in [4.78, 5) is 9.98. The highest BCUT2D eigenvalue weighted by atomic mass is 16.1. The maximum Gasteiger partial charge on any atom is 0.227 e. The van der Waals surface area contributed by atoms with Crippen LogP contribution in [0.1, 0.15) is 18.1 Å². The van der Waals surface area contributed by atoms with Crippen molar-refractivity contribution < 1.29 is 4.79 Å². The van der Waals surface area contributed by atoms with E-state index in [1.165, 1.54) is 5.56 Å². The maximum absolute atomic E-state index is 9.98. The average Bonchev–Trinajstić information content (AvgIpc) is 2.15. The minimum atomic E-state index is 0.553. The first-order valence-corrected chi connectivity index (χ1v) is 4.04. The lowest BCUT2D eigenvalue weighted by Gasteiger charge is -1.99. The van der Waals surface area contributed by atoms with E-state index >= 15 is 0 Å². The summed E-state index contributed by atoms with van der Waals surface area (Å²) < 4.78 is 0. The zero-order chi connectivity index (χ0) is 9.68. The van der Waals surface area contributed by atoms with Gasteiger partial charge in [0.2, 0.25) is 6.41 Å². The van der Waals surface area contributed by atoms with Crippen molar-refractivity contribution in [3.63, 3.8) is 0 Å². The normalized spacial score (nSPS) is 11.1. The number of amides is 1. The monoisotopic (exact) mass is 176 g/mol. The van der Waals surface area contributed by atoms with Crippen molar-refractivity contribution in [3.8, 4) is 0 Å². The van der Waals surface area contributed by atoms with Gasteiger partial charge in [0.1, 0.15) is 0 Å². The molecule has 0 saturated carbocycles. The second-order valence-corrected chi connectivity index (χ2v) is 2.81. The number of carbonyl (C=O) groups excluding carboxylic acids is 1. The fourth-order valence-corrected chi connectivity index (χ4v) is 0.982. The van der Waals surface area contributed by atoms with E-state index < -0.39 is 0 Å². The predicted molar refractivity (Wildman–Crippen MR) is 52.6 cm³/mol. The molecule has 0 fully saturated rings. The van der Waals surface area contributed by atoms with Crippen molar-refractivity contribution in [2.24, 2.45) is 5.10 Å². The third-order valence-corrected chi connectivity index (χ3v) is 1.75. The molecule has 0 atom stereocenters. The molecular formula is C10H12N2O. The highest BCUT2D eigenvalue weighted by Crippen LogP contribution is 2.03. The Labute approximate surface area is 77.5 Å². The number of hydrogen-bond acceptors (Lipinski definition) is 2. The van der Waals surface area contributed by atoms with Crippen LogP contribution in [0.2, 0.25) is 0 Å². The zero-order valence-corrected chi connectivity index (χ0v) is 7.74. The van der Waals surface area contributed by atoms with Gasteiger partial charge in [0, 0.05) is 0 Å². The summed E-state index contributed by atoms with van der Waals surface area (Å²) in [5.74, 6) is 0. The molecule has 13 heavy (non-hydrogen) atoms. The molecular weight excluding hydrogens is 164 g/mol. The molecule has 0 unspecified atom stereocenters. The van der Waals surface area contributed by atoms with Crippen LogP contribution in [0.3, 0.4) is 0 Å². The second kappa shape index (κ2) is 4.40. The molecule has 0 radical (unpaired) electrons. The Balaban J connectivity index is 2.82. The Kier molecular flexibility index (Phi) is 3.20. The second-order valence-electron chi connectivity index (χ2n) is 2.81. The Bertz CT molecular complexity index is 314. The minimum absolute atomic E-state index is 0.553. The van der Waals surface area contributed by atoms with Gasteiger partial charge in [-0.15, -0.1) is 0 Å².